The first-order valence-electron chi connectivity index (χ1n) is 9.30. The molecule has 5 nitrogen and oxygen atoms in total. The number of ether oxygens (including phenoxy) is 1. The molecule has 1 N–H and O–H groups in total. The number of hydrogen-bond donors (Lipinski definition) is 1. The maximum atomic E-state index is 12.5. The number of urea groups is 1. The average Bonchev–Trinajstić information content (AvgIpc) is 2.70. The van der Waals surface area contributed by atoms with Crippen LogP contribution in [0.15, 0.2) is 54.6 Å². The minimum atomic E-state index is -0.00825. The monoisotopic (exact) mass is 353 g/mol. The van der Waals surface area contributed by atoms with Crippen LogP contribution >= 0.6 is 0 Å². The predicted molar refractivity (Wildman–Crippen MR) is 105 cm³/mol. The molecule has 1 fully saturated rings. The molecule has 2 amide bonds. The summed E-state index contributed by atoms with van der Waals surface area (Å²) in [5.74, 6) is 0.903. The predicted octanol–water partition coefficient (Wildman–Crippen LogP) is 3.48. The number of anilines is 1. The van der Waals surface area contributed by atoms with Crippen molar-refractivity contribution in [1.29, 1.82) is 0 Å². The molecular formula is C21H27N3O2. The van der Waals surface area contributed by atoms with Gasteiger partial charge in [-0.25, -0.2) is 4.79 Å². The van der Waals surface area contributed by atoms with Crippen LogP contribution in [0.4, 0.5) is 10.5 Å². The van der Waals surface area contributed by atoms with Gasteiger partial charge in [-0.05, 0) is 30.2 Å². The van der Waals surface area contributed by atoms with Crippen LogP contribution in [0.2, 0.25) is 0 Å². The van der Waals surface area contributed by atoms with Crippen LogP contribution in [0.1, 0.15) is 12.5 Å². The van der Waals surface area contributed by atoms with Crippen molar-refractivity contribution in [3.8, 4) is 5.75 Å². The number of carbonyl (C=O) groups is 1. The Bertz CT molecular complexity index is 697. The molecule has 1 saturated heterocycles. The fraction of sp³-hybridized carbons (Fsp3) is 0.381. The zero-order valence-electron chi connectivity index (χ0n) is 15.4. The van der Waals surface area contributed by atoms with Gasteiger partial charge in [-0.1, -0.05) is 43.3 Å². The van der Waals surface area contributed by atoms with E-state index < -0.39 is 0 Å². The average molecular weight is 353 g/mol. The highest BCUT2D eigenvalue weighted by Crippen LogP contribution is 2.16. The van der Waals surface area contributed by atoms with Gasteiger partial charge < -0.3 is 15.0 Å². The molecule has 0 radical (unpaired) electrons. The second-order valence-electron chi connectivity index (χ2n) is 6.43. The zero-order valence-corrected chi connectivity index (χ0v) is 15.4. The largest absolute Gasteiger partial charge is 0.492 e. The standard InChI is InChI=1S/C21H27N3O2/c1-2-18-8-6-7-11-20(18)22-21(25)24-14-12-23(13-15-24)16-17-26-19-9-4-3-5-10-19/h3-11H,2,12-17H2,1H3,(H,22,25). The van der Waals surface area contributed by atoms with Crippen molar-refractivity contribution in [3.63, 3.8) is 0 Å². The topological polar surface area (TPSA) is 44.8 Å². The molecule has 26 heavy (non-hydrogen) atoms. The van der Waals surface area contributed by atoms with Crippen molar-refractivity contribution in [2.75, 3.05) is 44.6 Å². The van der Waals surface area contributed by atoms with E-state index in [-0.39, 0.29) is 6.03 Å². The molecule has 0 atom stereocenters. The molecule has 0 aromatic heterocycles. The lowest BCUT2D eigenvalue weighted by atomic mass is 10.1. The third-order valence-electron chi connectivity index (χ3n) is 4.72. The lowest BCUT2D eigenvalue weighted by molar-refractivity contribution is 0.132. The van der Waals surface area contributed by atoms with Crippen molar-refractivity contribution >= 4 is 11.7 Å². The second kappa shape index (κ2) is 9.25. The molecule has 5 heteroatoms. The summed E-state index contributed by atoms with van der Waals surface area (Å²) >= 11 is 0. The van der Waals surface area contributed by atoms with Crippen LogP contribution in [-0.2, 0) is 6.42 Å². The van der Waals surface area contributed by atoms with Crippen molar-refractivity contribution in [3.05, 3.63) is 60.2 Å². The van der Waals surface area contributed by atoms with Gasteiger partial charge in [-0.3, -0.25) is 4.90 Å². The summed E-state index contributed by atoms with van der Waals surface area (Å²) in [7, 11) is 0. The molecule has 0 spiro atoms. The fourth-order valence-corrected chi connectivity index (χ4v) is 3.13. The molecule has 138 valence electrons. The van der Waals surface area contributed by atoms with Crippen LogP contribution in [-0.4, -0.2) is 55.2 Å². The molecule has 0 saturated carbocycles. The fourth-order valence-electron chi connectivity index (χ4n) is 3.13. The van der Waals surface area contributed by atoms with Crippen LogP contribution in [0.3, 0.4) is 0 Å². The highest BCUT2D eigenvalue weighted by Gasteiger charge is 2.21. The SMILES string of the molecule is CCc1ccccc1NC(=O)N1CCN(CCOc2ccccc2)CC1. The molecule has 2 aromatic rings. The van der Waals surface area contributed by atoms with Gasteiger partial charge in [-0.15, -0.1) is 0 Å². The summed E-state index contributed by atoms with van der Waals surface area (Å²) in [4.78, 5) is 16.7. The molecule has 0 aliphatic carbocycles. The molecular weight excluding hydrogens is 326 g/mol. The Morgan fingerprint density at radius 3 is 2.42 bits per heavy atom. The maximum absolute atomic E-state index is 12.5. The van der Waals surface area contributed by atoms with E-state index in [2.05, 4.69) is 23.2 Å². The van der Waals surface area contributed by atoms with Gasteiger partial charge in [0.2, 0.25) is 0 Å². The highest BCUT2D eigenvalue weighted by molar-refractivity contribution is 5.90. The third kappa shape index (κ3) is 4.99. The highest BCUT2D eigenvalue weighted by atomic mass is 16.5. The summed E-state index contributed by atoms with van der Waals surface area (Å²) < 4.78 is 5.75. The summed E-state index contributed by atoms with van der Waals surface area (Å²) in [6.07, 6.45) is 0.908. The zero-order chi connectivity index (χ0) is 18.2. The van der Waals surface area contributed by atoms with E-state index in [1.807, 2.05) is 53.4 Å². The van der Waals surface area contributed by atoms with Crippen molar-refractivity contribution in [1.82, 2.24) is 9.80 Å². The quantitative estimate of drug-likeness (QED) is 0.865. The van der Waals surface area contributed by atoms with Crippen LogP contribution in [0.25, 0.3) is 0 Å². The molecule has 0 unspecified atom stereocenters. The first kappa shape index (κ1) is 18.3. The summed E-state index contributed by atoms with van der Waals surface area (Å²) in [6, 6.07) is 17.8. The van der Waals surface area contributed by atoms with Gasteiger partial charge in [0, 0.05) is 38.4 Å². The minimum absolute atomic E-state index is 0.00825. The number of rotatable bonds is 6. The number of para-hydroxylation sites is 2. The van der Waals surface area contributed by atoms with E-state index in [0.717, 1.165) is 56.1 Å². The van der Waals surface area contributed by atoms with Gasteiger partial charge in [-0.2, -0.15) is 0 Å². The molecule has 1 aliphatic rings. The molecule has 3 rings (SSSR count). The minimum Gasteiger partial charge on any atom is -0.492 e. The Morgan fingerprint density at radius 1 is 1.00 bits per heavy atom. The smallest absolute Gasteiger partial charge is 0.321 e. The number of hydrogen-bond acceptors (Lipinski definition) is 3. The van der Waals surface area contributed by atoms with Crippen LogP contribution < -0.4 is 10.1 Å². The van der Waals surface area contributed by atoms with E-state index in [1.165, 1.54) is 0 Å². The number of amides is 2. The number of piperazine rings is 1. The van der Waals surface area contributed by atoms with Gasteiger partial charge in [0.05, 0.1) is 0 Å². The number of aryl methyl sites for hydroxylation is 1. The summed E-state index contributed by atoms with van der Waals surface area (Å²) in [5, 5.41) is 3.05. The van der Waals surface area contributed by atoms with Gasteiger partial charge in [0.25, 0.3) is 0 Å². The molecule has 1 aliphatic heterocycles. The van der Waals surface area contributed by atoms with E-state index in [9.17, 15) is 4.79 Å². The first-order valence-corrected chi connectivity index (χ1v) is 9.30. The Morgan fingerprint density at radius 2 is 1.69 bits per heavy atom. The lowest BCUT2D eigenvalue weighted by Crippen LogP contribution is -2.50. The van der Waals surface area contributed by atoms with Gasteiger partial charge in [0.1, 0.15) is 12.4 Å². The van der Waals surface area contributed by atoms with Gasteiger partial charge in [0.15, 0.2) is 0 Å². The molecule has 0 bridgehead atoms. The second-order valence-corrected chi connectivity index (χ2v) is 6.43. The van der Waals surface area contributed by atoms with Crippen LogP contribution in [0.5, 0.6) is 5.75 Å². The summed E-state index contributed by atoms with van der Waals surface area (Å²) in [6.45, 7) is 6.88. The molecule has 2 aromatic carbocycles. The Hall–Kier alpha value is -2.53. The van der Waals surface area contributed by atoms with Gasteiger partial charge >= 0.3 is 6.03 Å². The number of nitrogens with one attached hydrogen (secondary N) is 1. The number of nitrogens with zero attached hydrogens (tertiary/aromatic N) is 2. The molecule has 1 heterocycles. The van der Waals surface area contributed by atoms with E-state index in [1.54, 1.807) is 0 Å². The van der Waals surface area contributed by atoms with Crippen molar-refractivity contribution in [2.24, 2.45) is 0 Å². The third-order valence-corrected chi connectivity index (χ3v) is 4.72. The first-order chi connectivity index (χ1) is 12.8. The maximum Gasteiger partial charge on any atom is 0.321 e. The van der Waals surface area contributed by atoms with Crippen LogP contribution in [0, 0.1) is 0 Å². The number of carbonyl (C=O) groups excluding carboxylic acids is 1. The lowest BCUT2D eigenvalue weighted by Gasteiger charge is -2.34. The van der Waals surface area contributed by atoms with Crippen molar-refractivity contribution in [2.45, 2.75) is 13.3 Å². The summed E-state index contributed by atoms with van der Waals surface area (Å²) in [5.41, 5.74) is 2.08. The van der Waals surface area contributed by atoms with E-state index >= 15 is 0 Å². The van der Waals surface area contributed by atoms with Crippen molar-refractivity contribution < 1.29 is 9.53 Å². The Labute approximate surface area is 155 Å². The van der Waals surface area contributed by atoms with E-state index in [4.69, 9.17) is 4.74 Å². The normalized spacial score (nSPS) is 14.9. The Kier molecular flexibility index (Phi) is 6.50. The number of benzene rings is 2. The van der Waals surface area contributed by atoms with E-state index in [0.29, 0.717) is 6.61 Å². The Balaban J connectivity index is 1.41.